The van der Waals surface area contributed by atoms with Crippen LogP contribution in [0.2, 0.25) is 5.02 Å². The number of Topliss-reactive ketones (excluding diaryl/α,β-unsaturated/α-hetero) is 1. The fraction of sp³-hybridized carbons (Fsp3) is 0.462. The van der Waals surface area contributed by atoms with Crippen LogP contribution in [0.25, 0.3) is 0 Å². The number of ketones is 1. The molecule has 1 aromatic rings. The zero-order chi connectivity index (χ0) is 13.8. The van der Waals surface area contributed by atoms with E-state index in [1.807, 2.05) is 6.92 Å². The predicted molar refractivity (Wildman–Crippen MR) is 74.1 cm³/mol. The number of hydrogen-bond acceptors (Lipinski definition) is 3. The lowest BCUT2D eigenvalue weighted by atomic mass is 10.0. The van der Waals surface area contributed by atoms with Crippen LogP contribution in [0.3, 0.4) is 0 Å². The Kier molecular flexibility index (Phi) is 5.35. The first kappa shape index (κ1) is 15.2. The molecule has 0 N–H and O–H groups in total. The van der Waals surface area contributed by atoms with E-state index in [0.29, 0.717) is 17.0 Å². The van der Waals surface area contributed by atoms with Gasteiger partial charge in [-0.15, -0.1) is 0 Å². The van der Waals surface area contributed by atoms with Crippen LogP contribution in [0, 0.1) is 6.92 Å². The molecular weight excluding hydrogens is 272 g/mol. The van der Waals surface area contributed by atoms with Gasteiger partial charge in [0.2, 0.25) is 0 Å². The highest BCUT2D eigenvalue weighted by Gasteiger charge is 2.11. The van der Waals surface area contributed by atoms with Gasteiger partial charge in [0.25, 0.3) is 0 Å². The monoisotopic (exact) mass is 288 g/mol. The van der Waals surface area contributed by atoms with Crippen molar-refractivity contribution >= 4 is 27.2 Å². The topological polar surface area (TPSA) is 51.2 Å². The van der Waals surface area contributed by atoms with E-state index < -0.39 is 9.84 Å². The standard InChI is InChI=1S/C13H17ClO3S/c1-3-18(16,17)8-4-5-13(15)11-6-7-12(14)10(2)9-11/h6-7,9H,3-5,8H2,1-2H3. The summed E-state index contributed by atoms with van der Waals surface area (Å²) in [4.78, 5) is 11.8. The number of benzene rings is 1. The second-order valence-electron chi connectivity index (χ2n) is 4.23. The summed E-state index contributed by atoms with van der Waals surface area (Å²) in [6.07, 6.45) is 0.622. The fourth-order valence-electron chi connectivity index (χ4n) is 1.56. The van der Waals surface area contributed by atoms with E-state index in [0.717, 1.165) is 5.56 Å². The van der Waals surface area contributed by atoms with Gasteiger partial charge in [-0.3, -0.25) is 4.79 Å². The normalized spacial score (nSPS) is 11.5. The van der Waals surface area contributed by atoms with Crippen LogP contribution in [-0.2, 0) is 9.84 Å². The Morgan fingerprint density at radius 2 is 2.00 bits per heavy atom. The van der Waals surface area contributed by atoms with Crippen LogP contribution >= 0.6 is 11.6 Å². The Labute approximate surface area is 113 Å². The van der Waals surface area contributed by atoms with E-state index in [1.54, 1.807) is 25.1 Å². The third-order valence-corrected chi connectivity index (χ3v) is 4.99. The second-order valence-corrected chi connectivity index (χ2v) is 7.11. The van der Waals surface area contributed by atoms with E-state index in [4.69, 9.17) is 11.6 Å². The zero-order valence-corrected chi connectivity index (χ0v) is 12.1. The van der Waals surface area contributed by atoms with E-state index in [9.17, 15) is 13.2 Å². The van der Waals surface area contributed by atoms with Gasteiger partial charge in [-0.2, -0.15) is 0 Å². The Balaban J connectivity index is 2.58. The van der Waals surface area contributed by atoms with Crippen molar-refractivity contribution in [2.45, 2.75) is 26.7 Å². The van der Waals surface area contributed by atoms with Crippen LogP contribution in [0.4, 0.5) is 0 Å². The van der Waals surface area contributed by atoms with Gasteiger partial charge in [0.05, 0.1) is 5.75 Å². The summed E-state index contributed by atoms with van der Waals surface area (Å²) >= 11 is 5.88. The maximum Gasteiger partial charge on any atom is 0.162 e. The molecule has 0 heterocycles. The first-order chi connectivity index (χ1) is 8.35. The molecule has 5 heteroatoms. The van der Waals surface area contributed by atoms with E-state index in [-0.39, 0.29) is 23.7 Å². The van der Waals surface area contributed by atoms with Crippen LogP contribution < -0.4 is 0 Å². The molecule has 100 valence electrons. The maximum absolute atomic E-state index is 11.8. The molecular formula is C13H17ClO3S. The third kappa shape index (κ3) is 4.42. The van der Waals surface area contributed by atoms with Crippen molar-refractivity contribution in [3.63, 3.8) is 0 Å². The van der Waals surface area contributed by atoms with Gasteiger partial charge in [0, 0.05) is 22.8 Å². The summed E-state index contributed by atoms with van der Waals surface area (Å²) in [6, 6.07) is 5.10. The summed E-state index contributed by atoms with van der Waals surface area (Å²) in [5, 5.41) is 0.625. The van der Waals surface area contributed by atoms with Gasteiger partial charge >= 0.3 is 0 Å². The SMILES string of the molecule is CCS(=O)(=O)CCCC(=O)c1ccc(Cl)c(C)c1. The summed E-state index contributed by atoms with van der Waals surface area (Å²) in [5.74, 6) is 0.157. The largest absolute Gasteiger partial charge is 0.294 e. The summed E-state index contributed by atoms with van der Waals surface area (Å²) in [5.41, 5.74) is 1.44. The first-order valence-electron chi connectivity index (χ1n) is 5.85. The molecule has 1 aromatic carbocycles. The molecule has 0 aliphatic carbocycles. The van der Waals surface area contributed by atoms with Crippen LogP contribution in [0.15, 0.2) is 18.2 Å². The van der Waals surface area contributed by atoms with Crippen molar-refractivity contribution < 1.29 is 13.2 Å². The van der Waals surface area contributed by atoms with E-state index in [2.05, 4.69) is 0 Å². The van der Waals surface area contributed by atoms with E-state index in [1.165, 1.54) is 0 Å². The number of rotatable bonds is 6. The second kappa shape index (κ2) is 6.34. The van der Waals surface area contributed by atoms with Crippen molar-refractivity contribution in [2.24, 2.45) is 0 Å². The molecule has 0 amide bonds. The third-order valence-electron chi connectivity index (χ3n) is 2.78. The van der Waals surface area contributed by atoms with E-state index >= 15 is 0 Å². The minimum atomic E-state index is -2.99. The molecule has 0 aliphatic heterocycles. The molecule has 0 bridgehead atoms. The molecule has 0 radical (unpaired) electrons. The Hall–Kier alpha value is -0.870. The number of carbonyl (C=O) groups is 1. The van der Waals surface area contributed by atoms with Crippen LogP contribution in [-0.4, -0.2) is 25.7 Å². The van der Waals surface area contributed by atoms with Gasteiger partial charge in [-0.05, 0) is 37.1 Å². The molecule has 0 saturated carbocycles. The molecule has 0 spiro atoms. The lowest BCUT2D eigenvalue weighted by Crippen LogP contribution is -2.10. The molecule has 3 nitrogen and oxygen atoms in total. The summed E-state index contributed by atoms with van der Waals surface area (Å²) < 4.78 is 22.6. The smallest absolute Gasteiger partial charge is 0.162 e. The Morgan fingerprint density at radius 3 is 2.56 bits per heavy atom. The molecule has 0 fully saturated rings. The van der Waals surface area contributed by atoms with Crippen LogP contribution in [0.5, 0.6) is 0 Å². The number of sulfone groups is 1. The molecule has 18 heavy (non-hydrogen) atoms. The fourth-order valence-corrected chi connectivity index (χ4v) is 2.55. The molecule has 0 saturated heterocycles. The number of halogens is 1. The van der Waals surface area contributed by atoms with Crippen molar-refractivity contribution in [3.8, 4) is 0 Å². The highest BCUT2D eigenvalue weighted by Crippen LogP contribution is 2.17. The molecule has 1 rings (SSSR count). The number of hydrogen-bond donors (Lipinski definition) is 0. The van der Waals surface area contributed by atoms with Gasteiger partial charge in [-0.1, -0.05) is 18.5 Å². The average molecular weight is 289 g/mol. The molecule has 0 atom stereocenters. The Bertz CT molecular complexity index is 535. The van der Waals surface area contributed by atoms with Crippen molar-refractivity contribution in [3.05, 3.63) is 34.3 Å². The molecule has 0 unspecified atom stereocenters. The summed E-state index contributed by atoms with van der Waals surface area (Å²) in [6.45, 7) is 3.44. The highest BCUT2D eigenvalue weighted by atomic mass is 35.5. The minimum Gasteiger partial charge on any atom is -0.294 e. The van der Waals surface area contributed by atoms with Gasteiger partial charge < -0.3 is 0 Å². The highest BCUT2D eigenvalue weighted by molar-refractivity contribution is 7.91. The van der Waals surface area contributed by atoms with Crippen molar-refractivity contribution in [1.82, 2.24) is 0 Å². The predicted octanol–water partition coefficient (Wildman–Crippen LogP) is 3.05. The van der Waals surface area contributed by atoms with Gasteiger partial charge in [0.1, 0.15) is 9.84 Å². The van der Waals surface area contributed by atoms with Crippen LogP contribution in [0.1, 0.15) is 35.7 Å². The minimum absolute atomic E-state index is 0.0407. The molecule has 0 aromatic heterocycles. The number of carbonyl (C=O) groups excluding carboxylic acids is 1. The van der Waals surface area contributed by atoms with Gasteiger partial charge in [-0.25, -0.2) is 8.42 Å². The zero-order valence-electron chi connectivity index (χ0n) is 10.6. The van der Waals surface area contributed by atoms with Crippen molar-refractivity contribution in [2.75, 3.05) is 11.5 Å². The lowest BCUT2D eigenvalue weighted by molar-refractivity contribution is 0.0982. The average Bonchev–Trinajstić information content (AvgIpc) is 2.32. The quantitative estimate of drug-likeness (QED) is 0.756. The number of aryl methyl sites for hydroxylation is 1. The lowest BCUT2D eigenvalue weighted by Gasteiger charge is -2.04. The van der Waals surface area contributed by atoms with Crippen molar-refractivity contribution in [1.29, 1.82) is 0 Å². The molecule has 0 aliphatic rings. The van der Waals surface area contributed by atoms with Gasteiger partial charge in [0.15, 0.2) is 5.78 Å². The Morgan fingerprint density at radius 1 is 1.33 bits per heavy atom. The maximum atomic E-state index is 11.8. The first-order valence-corrected chi connectivity index (χ1v) is 8.05. The summed E-state index contributed by atoms with van der Waals surface area (Å²) in [7, 11) is -2.99.